The SMILES string of the molecule is COCCn1ncc(NC(C)c2ncc(C)s2)c(Cl)c1=O. The van der Waals surface area contributed by atoms with Gasteiger partial charge in [-0.15, -0.1) is 11.3 Å². The molecule has 2 aromatic rings. The van der Waals surface area contributed by atoms with Crippen LogP contribution >= 0.6 is 22.9 Å². The number of aromatic nitrogens is 3. The van der Waals surface area contributed by atoms with Crippen molar-refractivity contribution < 1.29 is 4.74 Å². The number of nitrogens with zero attached hydrogens (tertiary/aromatic N) is 3. The van der Waals surface area contributed by atoms with Gasteiger partial charge in [0.1, 0.15) is 10.0 Å². The third kappa shape index (κ3) is 3.81. The summed E-state index contributed by atoms with van der Waals surface area (Å²) in [6, 6.07) is -0.0442. The minimum atomic E-state index is -0.332. The number of thiazole rings is 1. The van der Waals surface area contributed by atoms with Crippen LogP contribution in [0.1, 0.15) is 22.9 Å². The van der Waals surface area contributed by atoms with Gasteiger partial charge < -0.3 is 10.1 Å². The van der Waals surface area contributed by atoms with Crippen LogP contribution in [0.3, 0.4) is 0 Å². The lowest BCUT2D eigenvalue weighted by molar-refractivity contribution is 0.182. The summed E-state index contributed by atoms with van der Waals surface area (Å²) in [6.45, 7) is 4.74. The lowest BCUT2D eigenvalue weighted by Gasteiger charge is -2.14. The van der Waals surface area contributed by atoms with Crippen molar-refractivity contribution in [3.8, 4) is 0 Å². The number of hydrogen-bond acceptors (Lipinski definition) is 6. The zero-order valence-electron chi connectivity index (χ0n) is 12.1. The van der Waals surface area contributed by atoms with Gasteiger partial charge in [0, 0.05) is 18.2 Å². The second-order valence-electron chi connectivity index (χ2n) is 4.57. The Hall–Kier alpha value is -1.44. The zero-order valence-corrected chi connectivity index (χ0v) is 13.7. The Bertz CT molecular complexity index is 670. The van der Waals surface area contributed by atoms with E-state index in [9.17, 15) is 4.79 Å². The van der Waals surface area contributed by atoms with Gasteiger partial charge in [0.25, 0.3) is 5.56 Å². The quantitative estimate of drug-likeness (QED) is 0.882. The third-order valence-electron chi connectivity index (χ3n) is 2.87. The number of methoxy groups -OCH3 is 1. The summed E-state index contributed by atoms with van der Waals surface area (Å²) in [5.74, 6) is 0. The maximum atomic E-state index is 12.1. The Labute approximate surface area is 131 Å². The molecular formula is C13H17ClN4O2S. The van der Waals surface area contributed by atoms with Gasteiger partial charge in [-0.25, -0.2) is 9.67 Å². The first-order valence-corrected chi connectivity index (χ1v) is 7.65. The Morgan fingerprint density at radius 2 is 2.29 bits per heavy atom. The zero-order chi connectivity index (χ0) is 15.4. The average molecular weight is 329 g/mol. The predicted molar refractivity (Wildman–Crippen MR) is 84.3 cm³/mol. The summed E-state index contributed by atoms with van der Waals surface area (Å²) in [6.07, 6.45) is 3.37. The molecule has 114 valence electrons. The maximum absolute atomic E-state index is 12.1. The first-order chi connectivity index (χ1) is 10.0. The highest BCUT2D eigenvalue weighted by molar-refractivity contribution is 7.11. The average Bonchev–Trinajstić information content (AvgIpc) is 2.90. The first-order valence-electron chi connectivity index (χ1n) is 6.46. The summed E-state index contributed by atoms with van der Waals surface area (Å²) in [7, 11) is 1.57. The van der Waals surface area contributed by atoms with Crippen LogP contribution in [-0.4, -0.2) is 28.5 Å². The lowest BCUT2D eigenvalue weighted by atomic mass is 10.3. The van der Waals surface area contributed by atoms with Gasteiger partial charge in [-0.2, -0.15) is 5.10 Å². The second-order valence-corrected chi connectivity index (χ2v) is 6.21. The minimum Gasteiger partial charge on any atom is -0.383 e. The molecule has 0 bridgehead atoms. The van der Waals surface area contributed by atoms with Crippen LogP contribution in [0.5, 0.6) is 0 Å². The summed E-state index contributed by atoms with van der Waals surface area (Å²) < 4.78 is 6.22. The van der Waals surface area contributed by atoms with E-state index in [4.69, 9.17) is 16.3 Å². The Morgan fingerprint density at radius 1 is 1.52 bits per heavy atom. The van der Waals surface area contributed by atoms with E-state index in [1.807, 2.05) is 20.0 Å². The molecule has 0 amide bonds. The number of aryl methyl sites for hydroxylation is 1. The van der Waals surface area contributed by atoms with Crippen molar-refractivity contribution in [3.05, 3.63) is 37.7 Å². The van der Waals surface area contributed by atoms with Crippen LogP contribution < -0.4 is 10.9 Å². The lowest BCUT2D eigenvalue weighted by Crippen LogP contribution is -2.26. The minimum absolute atomic E-state index is 0.0442. The fourth-order valence-corrected chi connectivity index (χ4v) is 2.75. The smallest absolute Gasteiger partial charge is 0.287 e. The molecule has 8 heteroatoms. The van der Waals surface area contributed by atoms with Crippen molar-refractivity contribution in [3.63, 3.8) is 0 Å². The molecule has 0 aliphatic rings. The molecule has 2 aromatic heterocycles. The molecular weight excluding hydrogens is 312 g/mol. The molecule has 1 N–H and O–H groups in total. The predicted octanol–water partition coefficient (Wildman–Crippen LogP) is 2.48. The summed E-state index contributed by atoms with van der Waals surface area (Å²) in [5.41, 5.74) is 0.178. The standard InChI is InChI=1S/C13H17ClN4O2S/c1-8-6-15-12(21-8)9(2)17-10-7-16-18(4-5-20-3)13(19)11(10)14/h6-7,9,17H,4-5H2,1-3H3. The molecule has 0 spiro atoms. The molecule has 6 nitrogen and oxygen atoms in total. The monoisotopic (exact) mass is 328 g/mol. The third-order valence-corrected chi connectivity index (χ3v) is 4.33. The van der Waals surface area contributed by atoms with Crippen molar-refractivity contribution in [2.24, 2.45) is 0 Å². The molecule has 21 heavy (non-hydrogen) atoms. The van der Waals surface area contributed by atoms with Crippen LogP contribution in [0.15, 0.2) is 17.2 Å². The molecule has 0 aliphatic heterocycles. The molecule has 0 fully saturated rings. The Balaban J connectivity index is 2.17. The van der Waals surface area contributed by atoms with E-state index in [-0.39, 0.29) is 16.6 Å². The van der Waals surface area contributed by atoms with Crippen LogP contribution in [-0.2, 0) is 11.3 Å². The highest BCUT2D eigenvalue weighted by atomic mass is 35.5. The number of hydrogen-bond donors (Lipinski definition) is 1. The fourth-order valence-electron chi connectivity index (χ4n) is 1.77. The number of anilines is 1. The van der Waals surface area contributed by atoms with Crippen molar-refractivity contribution in [1.29, 1.82) is 0 Å². The molecule has 2 rings (SSSR count). The van der Waals surface area contributed by atoms with Gasteiger partial charge in [0.2, 0.25) is 0 Å². The topological polar surface area (TPSA) is 69.0 Å². The van der Waals surface area contributed by atoms with E-state index in [1.54, 1.807) is 24.6 Å². The van der Waals surface area contributed by atoms with Crippen molar-refractivity contribution in [2.45, 2.75) is 26.4 Å². The van der Waals surface area contributed by atoms with Gasteiger partial charge in [0.05, 0.1) is 31.1 Å². The summed E-state index contributed by atoms with van der Waals surface area (Å²) in [4.78, 5) is 17.5. The van der Waals surface area contributed by atoms with E-state index < -0.39 is 0 Å². The largest absolute Gasteiger partial charge is 0.383 e. The van der Waals surface area contributed by atoms with Crippen LogP contribution in [0.25, 0.3) is 0 Å². The normalized spacial score (nSPS) is 12.4. The van der Waals surface area contributed by atoms with E-state index in [0.717, 1.165) is 9.88 Å². The van der Waals surface area contributed by atoms with Gasteiger partial charge >= 0.3 is 0 Å². The van der Waals surface area contributed by atoms with E-state index in [0.29, 0.717) is 18.8 Å². The van der Waals surface area contributed by atoms with Gasteiger partial charge in [-0.05, 0) is 13.8 Å². The molecule has 0 saturated carbocycles. The van der Waals surface area contributed by atoms with E-state index in [2.05, 4.69) is 15.4 Å². The van der Waals surface area contributed by atoms with Crippen LogP contribution in [0.2, 0.25) is 5.02 Å². The fraction of sp³-hybridized carbons (Fsp3) is 0.462. The van der Waals surface area contributed by atoms with Gasteiger partial charge in [-0.3, -0.25) is 4.79 Å². The number of nitrogens with one attached hydrogen (secondary N) is 1. The van der Waals surface area contributed by atoms with Crippen molar-refractivity contribution >= 4 is 28.6 Å². The number of rotatable bonds is 6. The first kappa shape index (κ1) is 15.9. The molecule has 2 heterocycles. The molecule has 1 atom stereocenters. The molecule has 0 radical (unpaired) electrons. The molecule has 1 unspecified atom stereocenters. The number of ether oxygens (including phenoxy) is 1. The highest BCUT2D eigenvalue weighted by Gasteiger charge is 2.14. The Kier molecular flexibility index (Phi) is 5.33. The van der Waals surface area contributed by atoms with Gasteiger partial charge in [-0.1, -0.05) is 11.6 Å². The Morgan fingerprint density at radius 3 is 2.90 bits per heavy atom. The molecule has 0 saturated heterocycles. The van der Waals surface area contributed by atoms with E-state index >= 15 is 0 Å². The molecule has 0 aromatic carbocycles. The second kappa shape index (κ2) is 7.02. The van der Waals surface area contributed by atoms with E-state index in [1.165, 1.54) is 4.68 Å². The number of halogens is 1. The van der Waals surface area contributed by atoms with Crippen LogP contribution in [0, 0.1) is 6.92 Å². The summed E-state index contributed by atoms with van der Waals surface area (Å²) >= 11 is 7.72. The highest BCUT2D eigenvalue weighted by Crippen LogP contribution is 2.25. The van der Waals surface area contributed by atoms with Crippen molar-refractivity contribution in [1.82, 2.24) is 14.8 Å². The van der Waals surface area contributed by atoms with Crippen molar-refractivity contribution in [2.75, 3.05) is 19.0 Å². The van der Waals surface area contributed by atoms with Gasteiger partial charge in [0.15, 0.2) is 0 Å². The van der Waals surface area contributed by atoms with Crippen LogP contribution in [0.4, 0.5) is 5.69 Å². The summed E-state index contributed by atoms with van der Waals surface area (Å²) in [5, 5.41) is 8.32. The molecule has 0 aliphatic carbocycles. The maximum Gasteiger partial charge on any atom is 0.287 e.